The second kappa shape index (κ2) is 8.39. The SMILES string of the molecule is CC(=O)C(C)NC(=O)C(C)Oc1ccc(CCl)c(C)c1CCl. The number of alkyl halides is 2. The molecule has 2 atom stereocenters. The van der Waals surface area contributed by atoms with Gasteiger partial charge < -0.3 is 10.1 Å². The first-order valence-corrected chi connectivity index (χ1v) is 8.09. The Kier molecular flexibility index (Phi) is 7.17. The van der Waals surface area contributed by atoms with Crippen LogP contribution in [0.2, 0.25) is 0 Å². The van der Waals surface area contributed by atoms with Crippen molar-refractivity contribution in [3.63, 3.8) is 0 Å². The quantitative estimate of drug-likeness (QED) is 0.771. The summed E-state index contributed by atoms with van der Waals surface area (Å²) in [6.45, 7) is 6.61. The van der Waals surface area contributed by atoms with Gasteiger partial charge in [0, 0.05) is 11.4 Å². The maximum Gasteiger partial charge on any atom is 0.261 e. The molecule has 1 aromatic carbocycles. The monoisotopic (exact) mass is 345 g/mol. The number of amides is 1. The normalized spacial score (nSPS) is 13.4. The highest BCUT2D eigenvalue weighted by Crippen LogP contribution is 2.28. The maximum absolute atomic E-state index is 12.0. The van der Waals surface area contributed by atoms with Crippen LogP contribution in [0.15, 0.2) is 12.1 Å². The fourth-order valence-electron chi connectivity index (χ4n) is 1.88. The molecule has 1 amide bonds. The molecule has 0 heterocycles. The average Bonchev–Trinajstić information content (AvgIpc) is 2.47. The van der Waals surface area contributed by atoms with Gasteiger partial charge in [-0.2, -0.15) is 0 Å². The molecule has 0 spiro atoms. The first kappa shape index (κ1) is 18.8. The molecule has 4 nitrogen and oxygen atoms in total. The van der Waals surface area contributed by atoms with Crippen LogP contribution in [0.3, 0.4) is 0 Å². The summed E-state index contributed by atoms with van der Waals surface area (Å²) in [4.78, 5) is 23.2. The Balaban J connectivity index is 2.88. The Morgan fingerprint density at radius 1 is 1.23 bits per heavy atom. The number of carbonyl (C=O) groups is 2. The van der Waals surface area contributed by atoms with Gasteiger partial charge in [-0.25, -0.2) is 0 Å². The van der Waals surface area contributed by atoms with Crippen molar-refractivity contribution < 1.29 is 14.3 Å². The first-order valence-electron chi connectivity index (χ1n) is 7.02. The molecule has 122 valence electrons. The van der Waals surface area contributed by atoms with E-state index in [4.69, 9.17) is 27.9 Å². The Bertz CT molecular complexity index is 561. The van der Waals surface area contributed by atoms with E-state index in [0.29, 0.717) is 11.6 Å². The van der Waals surface area contributed by atoms with E-state index in [2.05, 4.69) is 5.32 Å². The van der Waals surface area contributed by atoms with Crippen molar-refractivity contribution in [1.82, 2.24) is 5.32 Å². The molecule has 2 unspecified atom stereocenters. The van der Waals surface area contributed by atoms with E-state index in [-0.39, 0.29) is 17.6 Å². The van der Waals surface area contributed by atoms with Crippen molar-refractivity contribution in [2.24, 2.45) is 0 Å². The Hall–Kier alpha value is -1.26. The number of carbonyl (C=O) groups excluding carboxylic acids is 2. The standard InChI is InChI=1S/C16H21Cl2NO3/c1-9-13(7-17)5-6-15(14(9)8-18)22-12(4)16(21)19-10(2)11(3)20/h5-6,10,12H,7-8H2,1-4H3,(H,19,21). The number of hydrogen-bond acceptors (Lipinski definition) is 3. The van der Waals surface area contributed by atoms with Crippen LogP contribution in [0, 0.1) is 6.92 Å². The van der Waals surface area contributed by atoms with Crippen LogP contribution in [0.1, 0.15) is 37.5 Å². The molecule has 0 aromatic heterocycles. The Morgan fingerprint density at radius 2 is 1.86 bits per heavy atom. The van der Waals surface area contributed by atoms with Crippen LogP contribution in [0.5, 0.6) is 5.75 Å². The highest BCUT2D eigenvalue weighted by molar-refractivity contribution is 6.18. The van der Waals surface area contributed by atoms with Gasteiger partial charge in [0.2, 0.25) is 0 Å². The molecule has 1 aromatic rings. The van der Waals surface area contributed by atoms with Crippen LogP contribution >= 0.6 is 23.2 Å². The molecule has 1 N–H and O–H groups in total. The third-order valence-corrected chi connectivity index (χ3v) is 4.14. The average molecular weight is 346 g/mol. The molecule has 0 aliphatic rings. The molecule has 1 rings (SSSR count). The van der Waals surface area contributed by atoms with Gasteiger partial charge >= 0.3 is 0 Å². The van der Waals surface area contributed by atoms with Crippen LogP contribution in [0.25, 0.3) is 0 Å². The molecule has 0 aliphatic heterocycles. The highest BCUT2D eigenvalue weighted by Gasteiger charge is 2.20. The third-order valence-electron chi connectivity index (χ3n) is 3.59. The predicted octanol–water partition coefficient (Wildman–Crippen LogP) is 3.33. The maximum atomic E-state index is 12.0. The fraction of sp³-hybridized carbons (Fsp3) is 0.500. The number of Topliss-reactive ketones (excluding diaryl/α,β-unsaturated/α-hetero) is 1. The third kappa shape index (κ3) is 4.62. The summed E-state index contributed by atoms with van der Waals surface area (Å²) in [5.74, 6) is 0.762. The summed E-state index contributed by atoms with van der Waals surface area (Å²) in [5.41, 5.74) is 2.76. The molecule has 0 saturated heterocycles. The number of hydrogen-bond donors (Lipinski definition) is 1. The molecule has 0 bridgehead atoms. The summed E-state index contributed by atoms with van der Waals surface area (Å²) >= 11 is 11.9. The predicted molar refractivity (Wildman–Crippen MR) is 88.7 cm³/mol. The summed E-state index contributed by atoms with van der Waals surface area (Å²) in [5, 5.41) is 2.61. The van der Waals surface area contributed by atoms with Gasteiger partial charge in [0.05, 0.1) is 11.9 Å². The van der Waals surface area contributed by atoms with Gasteiger partial charge in [0.25, 0.3) is 5.91 Å². The van der Waals surface area contributed by atoms with Gasteiger partial charge in [0.1, 0.15) is 5.75 Å². The zero-order chi connectivity index (χ0) is 16.9. The lowest BCUT2D eigenvalue weighted by atomic mass is 10.0. The Morgan fingerprint density at radius 3 is 2.36 bits per heavy atom. The van der Waals surface area contributed by atoms with E-state index in [1.807, 2.05) is 13.0 Å². The molecule has 0 saturated carbocycles. The van der Waals surface area contributed by atoms with Crippen LogP contribution in [-0.4, -0.2) is 23.8 Å². The second-order valence-corrected chi connectivity index (χ2v) is 5.73. The lowest BCUT2D eigenvalue weighted by molar-refractivity contribution is -0.130. The van der Waals surface area contributed by atoms with Crippen molar-refractivity contribution in [2.45, 2.75) is 51.6 Å². The van der Waals surface area contributed by atoms with Gasteiger partial charge in [-0.05, 0) is 44.9 Å². The van der Waals surface area contributed by atoms with Crippen molar-refractivity contribution in [1.29, 1.82) is 0 Å². The van der Waals surface area contributed by atoms with E-state index in [0.717, 1.165) is 16.7 Å². The lowest BCUT2D eigenvalue weighted by Gasteiger charge is -2.20. The van der Waals surface area contributed by atoms with Crippen molar-refractivity contribution in [3.05, 3.63) is 28.8 Å². The van der Waals surface area contributed by atoms with Gasteiger partial charge in [-0.3, -0.25) is 9.59 Å². The van der Waals surface area contributed by atoms with E-state index in [9.17, 15) is 9.59 Å². The van der Waals surface area contributed by atoms with Crippen LogP contribution in [-0.2, 0) is 21.3 Å². The number of rotatable bonds is 7. The van der Waals surface area contributed by atoms with Crippen LogP contribution < -0.4 is 10.1 Å². The minimum Gasteiger partial charge on any atom is -0.481 e. The van der Waals surface area contributed by atoms with E-state index in [1.54, 1.807) is 19.9 Å². The number of ketones is 1. The largest absolute Gasteiger partial charge is 0.481 e. The van der Waals surface area contributed by atoms with Crippen molar-refractivity contribution in [2.75, 3.05) is 0 Å². The van der Waals surface area contributed by atoms with E-state index < -0.39 is 12.1 Å². The summed E-state index contributed by atoms with van der Waals surface area (Å²) in [6, 6.07) is 3.09. The Labute approximate surface area is 141 Å². The van der Waals surface area contributed by atoms with E-state index in [1.165, 1.54) is 6.92 Å². The molecular formula is C16H21Cl2NO3. The second-order valence-electron chi connectivity index (χ2n) is 5.19. The van der Waals surface area contributed by atoms with Crippen molar-refractivity contribution in [3.8, 4) is 5.75 Å². The fourth-order valence-corrected chi connectivity index (χ4v) is 2.50. The van der Waals surface area contributed by atoms with Gasteiger partial charge in [-0.1, -0.05) is 6.07 Å². The highest BCUT2D eigenvalue weighted by atomic mass is 35.5. The summed E-state index contributed by atoms with van der Waals surface area (Å²) < 4.78 is 5.71. The number of halogens is 2. The molecule has 0 aliphatic carbocycles. The summed E-state index contributed by atoms with van der Waals surface area (Å²) in [6.07, 6.45) is -0.731. The number of nitrogens with one attached hydrogen (secondary N) is 1. The lowest BCUT2D eigenvalue weighted by Crippen LogP contribution is -2.44. The minimum atomic E-state index is -0.731. The van der Waals surface area contributed by atoms with Gasteiger partial charge in [0.15, 0.2) is 11.9 Å². The number of ether oxygens (including phenoxy) is 1. The van der Waals surface area contributed by atoms with Crippen LogP contribution in [0.4, 0.5) is 0 Å². The first-order chi connectivity index (χ1) is 10.3. The molecule has 0 fully saturated rings. The molecular weight excluding hydrogens is 325 g/mol. The van der Waals surface area contributed by atoms with Crippen molar-refractivity contribution >= 4 is 34.9 Å². The zero-order valence-electron chi connectivity index (χ0n) is 13.2. The molecule has 22 heavy (non-hydrogen) atoms. The topological polar surface area (TPSA) is 55.4 Å². The molecule has 0 radical (unpaired) electrons. The van der Waals surface area contributed by atoms with Gasteiger partial charge in [-0.15, -0.1) is 23.2 Å². The zero-order valence-corrected chi connectivity index (χ0v) is 14.7. The number of benzene rings is 1. The minimum absolute atomic E-state index is 0.107. The smallest absolute Gasteiger partial charge is 0.261 e. The van der Waals surface area contributed by atoms with E-state index >= 15 is 0 Å². The summed E-state index contributed by atoms with van der Waals surface area (Å²) in [7, 11) is 0. The molecule has 6 heteroatoms.